The molecule has 0 saturated heterocycles. The zero-order chi connectivity index (χ0) is 18.9. The molecule has 3 rings (SSSR count). The van der Waals surface area contributed by atoms with Gasteiger partial charge in [0, 0.05) is 23.5 Å². The van der Waals surface area contributed by atoms with Gasteiger partial charge in [0.25, 0.3) is 0 Å². The van der Waals surface area contributed by atoms with Gasteiger partial charge >= 0.3 is 6.18 Å². The van der Waals surface area contributed by atoms with E-state index in [1.165, 1.54) is 12.1 Å². The molecule has 0 spiro atoms. The third kappa shape index (κ3) is 3.94. The minimum atomic E-state index is -4.61. The van der Waals surface area contributed by atoms with Crippen molar-refractivity contribution in [3.8, 4) is 17.1 Å². The molecule has 0 bridgehead atoms. The topological polar surface area (TPSA) is 110 Å². The molecule has 0 radical (unpaired) electrons. The second kappa shape index (κ2) is 6.43. The SMILES string of the molecule is Nc1nc(Nc2ccnc(C(F)(F)F)c2)nc(-c2cc(O)cc(F)c2)n1. The standard InChI is InChI=1S/C15H10F4N6O/c16-8-3-7(4-10(26)5-8)12-23-13(20)25-14(24-12)22-9-1-2-21-11(6-9)15(17,18)19/h1-6,26H,(H3,20,21,22,23,24,25). The molecule has 4 N–H and O–H groups in total. The van der Waals surface area contributed by atoms with Crippen molar-refractivity contribution < 1.29 is 22.7 Å². The van der Waals surface area contributed by atoms with E-state index in [1.54, 1.807) is 0 Å². The predicted octanol–water partition coefficient (Wildman–Crippen LogP) is 3.12. The molecule has 0 saturated carbocycles. The van der Waals surface area contributed by atoms with Crippen LogP contribution in [0, 0.1) is 5.82 Å². The van der Waals surface area contributed by atoms with Gasteiger partial charge < -0.3 is 16.2 Å². The molecule has 7 nitrogen and oxygen atoms in total. The van der Waals surface area contributed by atoms with Crippen molar-refractivity contribution in [1.29, 1.82) is 0 Å². The number of halogens is 4. The average molecular weight is 366 g/mol. The molecule has 0 unspecified atom stereocenters. The van der Waals surface area contributed by atoms with E-state index < -0.39 is 17.7 Å². The highest BCUT2D eigenvalue weighted by molar-refractivity contribution is 5.62. The maximum atomic E-state index is 13.4. The summed E-state index contributed by atoms with van der Waals surface area (Å²) in [6.07, 6.45) is -3.64. The Labute approximate surface area is 143 Å². The Balaban J connectivity index is 1.96. The third-order valence-corrected chi connectivity index (χ3v) is 3.10. The van der Waals surface area contributed by atoms with Crippen molar-refractivity contribution in [1.82, 2.24) is 19.9 Å². The molecule has 0 atom stereocenters. The van der Waals surface area contributed by atoms with Gasteiger partial charge in [0.05, 0.1) is 0 Å². The largest absolute Gasteiger partial charge is 0.508 e. The Morgan fingerprint density at radius 1 is 1.04 bits per heavy atom. The fourth-order valence-corrected chi connectivity index (χ4v) is 2.07. The van der Waals surface area contributed by atoms with Crippen LogP contribution < -0.4 is 11.1 Å². The van der Waals surface area contributed by atoms with Crippen molar-refractivity contribution in [2.24, 2.45) is 0 Å². The van der Waals surface area contributed by atoms with Crippen LogP contribution in [0.5, 0.6) is 5.75 Å². The number of nitrogens with zero attached hydrogens (tertiary/aromatic N) is 4. The number of benzene rings is 1. The molecule has 0 aliphatic rings. The van der Waals surface area contributed by atoms with Crippen LogP contribution in [0.3, 0.4) is 0 Å². The van der Waals surface area contributed by atoms with Crippen LogP contribution in [0.4, 0.5) is 35.1 Å². The highest BCUT2D eigenvalue weighted by atomic mass is 19.4. The fourth-order valence-electron chi connectivity index (χ4n) is 2.07. The summed E-state index contributed by atoms with van der Waals surface area (Å²) >= 11 is 0. The van der Waals surface area contributed by atoms with E-state index in [2.05, 4.69) is 25.3 Å². The van der Waals surface area contributed by atoms with Gasteiger partial charge in [0.15, 0.2) is 5.82 Å². The lowest BCUT2D eigenvalue weighted by atomic mass is 10.2. The molecule has 3 aromatic rings. The number of alkyl halides is 3. The molecule has 26 heavy (non-hydrogen) atoms. The first-order valence-electron chi connectivity index (χ1n) is 7.02. The van der Waals surface area contributed by atoms with Gasteiger partial charge in [0.2, 0.25) is 11.9 Å². The van der Waals surface area contributed by atoms with E-state index in [1.807, 2.05) is 0 Å². The van der Waals surface area contributed by atoms with Gasteiger partial charge in [-0.3, -0.25) is 4.98 Å². The summed E-state index contributed by atoms with van der Waals surface area (Å²) in [5.74, 6) is -1.54. The van der Waals surface area contributed by atoms with Crippen LogP contribution >= 0.6 is 0 Å². The number of pyridine rings is 1. The number of hydrogen-bond acceptors (Lipinski definition) is 7. The Bertz CT molecular complexity index is 943. The minimum Gasteiger partial charge on any atom is -0.508 e. The van der Waals surface area contributed by atoms with E-state index in [-0.39, 0.29) is 34.7 Å². The minimum absolute atomic E-state index is 0.0194. The Kier molecular flexibility index (Phi) is 4.28. The highest BCUT2D eigenvalue weighted by Gasteiger charge is 2.32. The molecular weight excluding hydrogens is 356 g/mol. The third-order valence-electron chi connectivity index (χ3n) is 3.10. The van der Waals surface area contributed by atoms with E-state index in [9.17, 15) is 22.7 Å². The zero-order valence-electron chi connectivity index (χ0n) is 12.8. The first kappa shape index (κ1) is 17.3. The summed E-state index contributed by atoms with van der Waals surface area (Å²) in [5.41, 5.74) is 4.61. The molecule has 11 heteroatoms. The monoisotopic (exact) mass is 366 g/mol. The van der Waals surface area contributed by atoms with Crippen LogP contribution in [-0.2, 0) is 6.18 Å². The van der Waals surface area contributed by atoms with Crippen LogP contribution in [0.2, 0.25) is 0 Å². The number of nitrogens with two attached hydrogens (primary N) is 1. The lowest BCUT2D eigenvalue weighted by Crippen LogP contribution is -2.09. The predicted molar refractivity (Wildman–Crippen MR) is 83.8 cm³/mol. The van der Waals surface area contributed by atoms with Crippen molar-refractivity contribution >= 4 is 17.6 Å². The molecule has 134 valence electrons. The molecule has 1 aromatic carbocycles. The Morgan fingerprint density at radius 2 is 1.81 bits per heavy atom. The summed E-state index contributed by atoms with van der Waals surface area (Å²) in [5, 5.41) is 12.0. The number of nitrogen functional groups attached to an aromatic ring is 1. The molecule has 2 heterocycles. The van der Waals surface area contributed by atoms with Crippen molar-refractivity contribution in [2.45, 2.75) is 6.18 Å². The second-order valence-electron chi connectivity index (χ2n) is 5.09. The quantitative estimate of drug-likeness (QED) is 0.611. The Hall–Kier alpha value is -3.50. The lowest BCUT2D eigenvalue weighted by molar-refractivity contribution is -0.141. The van der Waals surface area contributed by atoms with Crippen molar-refractivity contribution in [2.75, 3.05) is 11.1 Å². The summed E-state index contributed by atoms with van der Waals surface area (Å²) in [7, 11) is 0. The smallest absolute Gasteiger partial charge is 0.433 e. The number of phenolic OH excluding ortho intramolecular Hbond substituents is 1. The van der Waals surface area contributed by atoms with E-state index in [4.69, 9.17) is 5.73 Å². The van der Waals surface area contributed by atoms with Crippen molar-refractivity contribution in [3.63, 3.8) is 0 Å². The van der Waals surface area contributed by atoms with Gasteiger partial charge in [-0.25, -0.2) is 4.39 Å². The van der Waals surface area contributed by atoms with E-state index >= 15 is 0 Å². The summed E-state index contributed by atoms with van der Waals surface area (Å²) in [4.78, 5) is 14.8. The van der Waals surface area contributed by atoms with Crippen LogP contribution in [-0.4, -0.2) is 25.0 Å². The number of nitrogens with one attached hydrogen (secondary N) is 1. The normalized spacial score (nSPS) is 11.4. The fraction of sp³-hybridized carbons (Fsp3) is 0.0667. The van der Waals surface area contributed by atoms with Crippen LogP contribution in [0.15, 0.2) is 36.5 Å². The summed E-state index contributed by atoms with van der Waals surface area (Å²) < 4.78 is 51.6. The highest BCUT2D eigenvalue weighted by Crippen LogP contribution is 2.29. The molecular formula is C15H10F4N6O. The lowest BCUT2D eigenvalue weighted by Gasteiger charge is -2.10. The zero-order valence-corrected chi connectivity index (χ0v) is 12.8. The van der Waals surface area contributed by atoms with Crippen molar-refractivity contribution in [3.05, 3.63) is 48.0 Å². The summed E-state index contributed by atoms with van der Waals surface area (Å²) in [6, 6.07) is 5.21. The average Bonchev–Trinajstić information content (AvgIpc) is 2.53. The number of hydrogen-bond donors (Lipinski definition) is 3. The van der Waals surface area contributed by atoms with Gasteiger partial charge in [-0.05, 0) is 24.3 Å². The van der Waals surface area contributed by atoms with E-state index in [0.717, 1.165) is 24.4 Å². The first-order valence-corrected chi connectivity index (χ1v) is 7.02. The number of phenols is 1. The van der Waals surface area contributed by atoms with Gasteiger partial charge in [-0.2, -0.15) is 28.1 Å². The molecule has 0 aliphatic carbocycles. The number of aromatic hydroxyl groups is 1. The maximum absolute atomic E-state index is 13.4. The molecule has 0 aliphatic heterocycles. The van der Waals surface area contributed by atoms with Gasteiger partial charge in [0.1, 0.15) is 17.3 Å². The summed E-state index contributed by atoms with van der Waals surface area (Å²) in [6.45, 7) is 0. The van der Waals surface area contributed by atoms with Gasteiger partial charge in [-0.1, -0.05) is 0 Å². The number of rotatable bonds is 3. The Morgan fingerprint density at radius 3 is 2.50 bits per heavy atom. The maximum Gasteiger partial charge on any atom is 0.433 e. The molecule has 0 fully saturated rings. The number of anilines is 3. The molecule has 0 amide bonds. The van der Waals surface area contributed by atoms with Crippen LogP contribution in [0.1, 0.15) is 5.69 Å². The number of aromatic nitrogens is 4. The van der Waals surface area contributed by atoms with E-state index in [0.29, 0.717) is 0 Å². The van der Waals surface area contributed by atoms with Gasteiger partial charge in [-0.15, -0.1) is 0 Å². The van der Waals surface area contributed by atoms with Crippen LogP contribution in [0.25, 0.3) is 11.4 Å². The molecule has 2 aromatic heterocycles. The second-order valence-corrected chi connectivity index (χ2v) is 5.09. The first-order chi connectivity index (χ1) is 12.2.